The fraction of sp³-hybridized carbons (Fsp3) is 0.455. The van der Waals surface area contributed by atoms with Crippen molar-refractivity contribution in [3.05, 3.63) is 24.4 Å². The van der Waals surface area contributed by atoms with E-state index in [0.29, 0.717) is 5.95 Å². The molecule has 2 unspecified atom stereocenters. The molecule has 0 aliphatic heterocycles. The number of hydrogen-bond acceptors (Lipinski definition) is 4. The predicted molar refractivity (Wildman–Crippen MR) is 62.3 cm³/mol. The van der Waals surface area contributed by atoms with E-state index >= 15 is 0 Å². The average Bonchev–Trinajstić information content (AvgIpc) is 2.69. The fourth-order valence-corrected chi connectivity index (χ4v) is 1.40. The van der Waals surface area contributed by atoms with Gasteiger partial charge in [-0.1, -0.05) is 13.0 Å². The number of fused-ring (bicyclic) bond motifs is 1. The van der Waals surface area contributed by atoms with Crippen molar-refractivity contribution < 1.29 is 5.11 Å². The number of pyridine rings is 1. The van der Waals surface area contributed by atoms with Crippen LogP contribution in [-0.4, -0.2) is 32.4 Å². The summed E-state index contributed by atoms with van der Waals surface area (Å²) in [7, 11) is 0. The first kappa shape index (κ1) is 10.9. The van der Waals surface area contributed by atoms with E-state index in [-0.39, 0.29) is 18.6 Å². The van der Waals surface area contributed by atoms with Crippen molar-refractivity contribution in [3.63, 3.8) is 0 Å². The van der Waals surface area contributed by atoms with Gasteiger partial charge in [0.25, 0.3) is 0 Å². The molecule has 2 atom stereocenters. The molecule has 0 aliphatic carbocycles. The van der Waals surface area contributed by atoms with Gasteiger partial charge in [-0.3, -0.25) is 0 Å². The van der Waals surface area contributed by atoms with Gasteiger partial charge >= 0.3 is 0 Å². The summed E-state index contributed by atoms with van der Waals surface area (Å²) in [6, 6.07) is 5.87. The minimum Gasteiger partial charge on any atom is -0.396 e. The summed E-state index contributed by atoms with van der Waals surface area (Å²) in [5.41, 5.74) is 0.814. The number of nitrogens with one attached hydrogen (secondary N) is 1. The number of aliphatic hydroxyl groups excluding tert-OH is 1. The highest BCUT2D eigenvalue weighted by molar-refractivity contribution is 5.43. The standard InChI is InChI=1S/C11H16N4O/c1-8(7-16)9(2)12-11-13-10-5-3-4-6-15(10)14-11/h3-6,8-9,16H,7H2,1-2H3,(H,12,14). The van der Waals surface area contributed by atoms with Crippen LogP contribution in [0.4, 0.5) is 5.95 Å². The van der Waals surface area contributed by atoms with Gasteiger partial charge in [-0.05, 0) is 25.0 Å². The zero-order valence-corrected chi connectivity index (χ0v) is 9.46. The monoisotopic (exact) mass is 220 g/mol. The van der Waals surface area contributed by atoms with E-state index < -0.39 is 0 Å². The molecule has 2 heterocycles. The SMILES string of the molecule is CC(CO)C(C)Nc1nc2ccccn2n1. The van der Waals surface area contributed by atoms with Crippen LogP contribution in [0, 0.1) is 5.92 Å². The topological polar surface area (TPSA) is 62.5 Å². The first-order chi connectivity index (χ1) is 7.70. The van der Waals surface area contributed by atoms with Crippen LogP contribution in [0.25, 0.3) is 5.65 Å². The van der Waals surface area contributed by atoms with Gasteiger partial charge in [-0.25, -0.2) is 4.52 Å². The third kappa shape index (κ3) is 2.14. The average molecular weight is 220 g/mol. The van der Waals surface area contributed by atoms with Crippen molar-refractivity contribution in [2.45, 2.75) is 19.9 Å². The first-order valence-corrected chi connectivity index (χ1v) is 5.39. The van der Waals surface area contributed by atoms with Crippen LogP contribution in [0.1, 0.15) is 13.8 Å². The number of nitrogens with zero attached hydrogens (tertiary/aromatic N) is 3. The van der Waals surface area contributed by atoms with E-state index in [1.165, 1.54) is 0 Å². The van der Waals surface area contributed by atoms with Crippen LogP contribution in [-0.2, 0) is 0 Å². The molecule has 86 valence electrons. The molecular weight excluding hydrogens is 204 g/mol. The fourth-order valence-electron chi connectivity index (χ4n) is 1.40. The molecule has 5 nitrogen and oxygen atoms in total. The van der Waals surface area contributed by atoms with Gasteiger partial charge in [0, 0.05) is 18.8 Å². The van der Waals surface area contributed by atoms with Crippen molar-refractivity contribution >= 4 is 11.6 Å². The molecule has 0 radical (unpaired) electrons. The third-order valence-electron chi connectivity index (χ3n) is 2.74. The van der Waals surface area contributed by atoms with E-state index in [1.54, 1.807) is 4.52 Å². The van der Waals surface area contributed by atoms with E-state index in [2.05, 4.69) is 15.4 Å². The molecule has 16 heavy (non-hydrogen) atoms. The molecule has 0 aromatic carbocycles. The summed E-state index contributed by atoms with van der Waals surface area (Å²) in [4.78, 5) is 4.33. The largest absolute Gasteiger partial charge is 0.396 e. The Morgan fingerprint density at radius 2 is 2.25 bits per heavy atom. The summed E-state index contributed by atoms with van der Waals surface area (Å²) in [5.74, 6) is 0.769. The predicted octanol–water partition coefficient (Wildman–Crippen LogP) is 1.16. The maximum absolute atomic E-state index is 9.04. The Kier molecular flexibility index (Phi) is 3.05. The molecule has 2 aromatic heterocycles. The number of anilines is 1. The first-order valence-electron chi connectivity index (χ1n) is 5.39. The van der Waals surface area contributed by atoms with Crippen LogP contribution >= 0.6 is 0 Å². The van der Waals surface area contributed by atoms with Gasteiger partial charge in [0.2, 0.25) is 5.95 Å². The summed E-state index contributed by atoms with van der Waals surface area (Å²) >= 11 is 0. The lowest BCUT2D eigenvalue weighted by molar-refractivity contribution is 0.226. The number of rotatable bonds is 4. The lowest BCUT2D eigenvalue weighted by atomic mass is 10.1. The van der Waals surface area contributed by atoms with E-state index in [9.17, 15) is 0 Å². The molecule has 0 aliphatic rings. The van der Waals surface area contributed by atoms with Crippen molar-refractivity contribution in [1.82, 2.24) is 14.6 Å². The lowest BCUT2D eigenvalue weighted by Gasteiger charge is -2.17. The maximum Gasteiger partial charge on any atom is 0.243 e. The lowest BCUT2D eigenvalue weighted by Crippen LogP contribution is -2.26. The Morgan fingerprint density at radius 3 is 2.94 bits per heavy atom. The molecule has 2 N–H and O–H groups in total. The number of hydrogen-bond donors (Lipinski definition) is 2. The zero-order valence-electron chi connectivity index (χ0n) is 9.46. The summed E-state index contributed by atoms with van der Waals surface area (Å²) in [5, 5.41) is 16.5. The van der Waals surface area contributed by atoms with Crippen LogP contribution in [0.2, 0.25) is 0 Å². The second-order valence-electron chi connectivity index (χ2n) is 4.03. The Balaban J connectivity index is 2.15. The van der Waals surface area contributed by atoms with Crippen LogP contribution in [0.5, 0.6) is 0 Å². The van der Waals surface area contributed by atoms with Crippen molar-refractivity contribution in [3.8, 4) is 0 Å². The summed E-state index contributed by atoms with van der Waals surface area (Å²) < 4.78 is 1.72. The number of aliphatic hydroxyl groups is 1. The maximum atomic E-state index is 9.04. The molecule has 0 saturated carbocycles. The third-order valence-corrected chi connectivity index (χ3v) is 2.74. The van der Waals surface area contributed by atoms with Gasteiger partial charge in [0.1, 0.15) is 0 Å². The molecule has 0 amide bonds. The minimum absolute atomic E-state index is 0.141. The zero-order chi connectivity index (χ0) is 11.5. The molecule has 0 bridgehead atoms. The summed E-state index contributed by atoms with van der Waals surface area (Å²) in [6.07, 6.45) is 1.85. The van der Waals surface area contributed by atoms with E-state index in [1.807, 2.05) is 38.2 Å². The Morgan fingerprint density at radius 1 is 1.44 bits per heavy atom. The normalized spacial score (nSPS) is 14.9. The van der Waals surface area contributed by atoms with Gasteiger partial charge in [-0.2, -0.15) is 4.98 Å². The van der Waals surface area contributed by atoms with E-state index in [0.717, 1.165) is 5.65 Å². The second-order valence-corrected chi connectivity index (χ2v) is 4.03. The van der Waals surface area contributed by atoms with Gasteiger partial charge < -0.3 is 10.4 Å². The Hall–Kier alpha value is -1.62. The van der Waals surface area contributed by atoms with Crippen LogP contribution in [0.3, 0.4) is 0 Å². The van der Waals surface area contributed by atoms with Crippen molar-refractivity contribution in [1.29, 1.82) is 0 Å². The molecule has 2 rings (SSSR count). The van der Waals surface area contributed by atoms with Gasteiger partial charge in [0.15, 0.2) is 5.65 Å². The smallest absolute Gasteiger partial charge is 0.243 e. The van der Waals surface area contributed by atoms with Gasteiger partial charge in [0.05, 0.1) is 0 Å². The highest BCUT2D eigenvalue weighted by Crippen LogP contribution is 2.09. The van der Waals surface area contributed by atoms with Crippen molar-refractivity contribution in [2.75, 3.05) is 11.9 Å². The second kappa shape index (κ2) is 4.49. The van der Waals surface area contributed by atoms with E-state index in [4.69, 9.17) is 5.11 Å². The molecule has 5 heteroatoms. The quantitative estimate of drug-likeness (QED) is 0.811. The number of aromatic nitrogens is 3. The highest BCUT2D eigenvalue weighted by atomic mass is 16.3. The Bertz CT molecular complexity index is 435. The summed E-state index contributed by atoms with van der Waals surface area (Å²) in [6.45, 7) is 4.14. The molecule has 0 saturated heterocycles. The minimum atomic E-state index is 0.141. The molecule has 2 aromatic rings. The Labute approximate surface area is 94.1 Å². The molecular formula is C11H16N4O. The highest BCUT2D eigenvalue weighted by Gasteiger charge is 2.12. The van der Waals surface area contributed by atoms with Crippen LogP contribution in [0.15, 0.2) is 24.4 Å². The molecule has 0 fully saturated rings. The van der Waals surface area contributed by atoms with Crippen LogP contribution < -0.4 is 5.32 Å². The molecule has 0 spiro atoms. The van der Waals surface area contributed by atoms with Crippen molar-refractivity contribution in [2.24, 2.45) is 5.92 Å². The van der Waals surface area contributed by atoms with Gasteiger partial charge in [-0.15, -0.1) is 5.10 Å².